The standard InChI is InChI=1S/C6H4BrNO3/c7-5-3-1-2-4(6(9)10)8(5)11/h1-3H,(H,9,10). The third-order valence-electron chi connectivity index (χ3n) is 1.12. The lowest BCUT2D eigenvalue weighted by Crippen LogP contribution is -2.35. The average molecular weight is 218 g/mol. The van der Waals surface area contributed by atoms with Gasteiger partial charge in [0.1, 0.15) is 0 Å². The van der Waals surface area contributed by atoms with Gasteiger partial charge in [-0.05, 0) is 6.07 Å². The Morgan fingerprint density at radius 1 is 1.64 bits per heavy atom. The minimum atomic E-state index is -1.23. The second-order valence-corrected chi connectivity index (χ2v) is 2.65. The van der Waals surface area contributed by atoms with E-state index in [0.29, 0.717) is 4.73 Å². The van der Waals surface area contributed by atoms with Crippen LogP contribution in [0.3, 0.4) is 0 Å². The van der Waals surface area contributed by atoms with Crippen LogP contribution in [-0.4, -0.2) is 11.1 Å². The van der Waals surface area contributed by atoms with Crippen molar-refractivity contribution in [3.8, 4) is 0 Å². The molecule has 0 unspecified atom stereocenters. The van der Waals surface area contributed by atoms with E-state index >= 15 is 0 Å². The van der Waals surface area contributed by atoms with Crippen LogP contribution in [-0.2, 0) is 0 Å². The van der Waals surface area contributed by atoms with Gasteiger partial charge in [-0.3, -0.25) is 0 Å². The van der Waals surface area contributed by atoms with Crippen molar-refractivity contribution in [3.05, 3.63) is 33.7 Å². The Balaban J connectivity index is 3.27. The fraction of sp³-hybridized carbons (Fsp3) is 0. The molecule has 0 aliphatic carbocycles. The zero-order chi connectivity index (χ0) is 8.43. The lowest BCUT2D eigenvalue weighted by atomic mass is 10.4. The maximum Gasteiger partial charge on any atom is 0.402 e. The zero-order valence-corrected chi connectivity index (χ0v) is 6.91. The normalized spacial score (nSPS) is 9.55. The summed E-state index contributed by atoms with van der Waals surface area (Å²) in [6.45, 7) is 0. The van der Waals surface area contributed by atoms with E-state index in [1.807, 2.05) is 0 Å². The van der Waals surface area contributed by atoms with Crippen LogP contribution in [0.25, 0.3) is 0 Å². The predicted octanol–water partition coefficient (Wildman–Crippen LogP) is 0.781. The van der Waals surface area contributed by atoms with Crippen molar-refractivity contribution in [3.63, 3.8) is 0 Å². The summed E-state index contributed by atoms with van der Waals surface area (Å²) in [5, 5.41) is 19.3. The van der Waals surface area contributed by atoms with Gasteiger partial charge in [0.05, 0.1) is 0 Å². The van der Waals surface area contributed by atoms with Gasteiger partial charge >= 0.3 is 11.7 Å². The van der Waals surface area contributed by atoms with Gasteiger partial charge in [-0.15, -0.1) is 0 Å². The third kappa shape index (κ3) is 1.48. The fourth-order valence-corrected chi connectivity index (χ4v) is 0.971. The van der Waals surface area contributed by atoms with E-state index in [2.05, 4.69) is 15.9 Å². The van der Waals surface area contributed by atoms with Gasteiger partial charge in [-0.2, -0.15) is 4.73 Å². The summed E-state index contributed by atoms with van der Waals surface area (Å²) in [5.74, 6) is -1.23. The number of hydrogen-bond acceptors (Lipinski definition) is 2. The Morgan fingerprint density at radius 3 is 2.73 bits per heavy atom. The molecule has 1 rings (SSSR count). The van der Waals surface area contributed by atoms with Crippen LogP contribution < -0.4 is 4.73 Å². The van der Waals surface area contributed by atoms with Crippen molar-refractivity contribution in [2.45, 2.75) is 0 Å². The van der Waals surface area contributed by atoms with Crippen molar-refractivity contribution in [1.82, 2.24) is 0 Å². The smallest absolute Gasteiger partial charge is 0.402 e. The molecule has 0 radical (unpaired) electrons. The fourth-order valence-electron chi connectivity index (χ4n) is 0.627. The molecule has 0 saturated carbocycles. The molecule has 0 fully saturated rings. The number of aromatic nitrogens is 1. The van der Waals surface area contributed by atoms with E-state index in [0.717, 1.165) is 0 Å². The molecule has 0 aliphatic rings. The largest absolute Gasteiger partial charge is 0.617 e. The van der Waals surface area contributed by atoms with Crippen LogP contribution in [0.2, 0.25) is 0 Å². The molecule has 4 nitrogen and oxygen atoms in total. The monoisotopic (exact) mass is 217 g/mol. The number of nitrogens with zero attached hydrogens (tertiary/aromatic N) is 1. The molecule has 11 heavy (non-hydrogen) atoms. The molecular formula is C6H4BrNO3. The van der Waals surface area contributed by atoms with Gasteiger partial charge in [0, 0.05) is 28.1 Å². The van der Waals surface area contributed by atoms with Crippen LogP contribution in [0.1, 0.15) is 10.5 Å². The molecule has 1 aromatic heterocycles. The van der Waals surface area contributed by atoms with Gasteiger partial charge in [-0.25, -0.2) is 4.79 Å². The maximum atomic E-state index is 10.9. The summed E-state index contributed by atoms with van der Waals surface area (Å²) in [6, 6.07) is 4.20. The van der Waals surface area contributed by atoms with Gasteiger partial charge in [-0.1, -0.05) is 0 Å². The Labute approximate surface area is 70.8 Å². The molecule has 58 valence electrons. The minimum absolute atomic E-state index is 0.192. The summed E-state index contributed by atoms with van der Waals surface area (Å²) in [4.78, 5) is 10.3. The van der Waals surface area contributed by atoms with E-state index in [-0.39, 0.29) is 10.3 Å². The summed E-state index contributed by atoms with van der Waals surface area (Å²) < 4.78 is 0.500. The Morgan fingerprint density at radius 2 is 2.27 bits per heavy atom. The second-order valence-electron chi connectivity index (χ2n) is 1.83. The summed E-state index contributed by atoms with van der Waals surface area (Å²) >= 11 is 2.90. The first-order valence-corrected chi connectivity index (χ1v) is 3.53. The highest BCUT2D eigenvalue weighted by Gasteiger charge is 2.15. The van der Waals surface area contributed by atoms with E-state index < -0.39 is 5.97 Å². The highest BCUT2D eigenvalue weighted by Crippen LogP contribution is 2.03. The SMILES string of the molecule is O=C(O)c1cccc(Br)[n+]1[O-]. The first kappa shape index (κ1) is 8.00. The van der Waals surface area contributed by atoms with Gasteiger partial charge in [0.25, 0.3) is 4.60 Å². The molecule has 0 saturated heterocycles. The number of pyridine rings is 1. The number of halogens is 1. The average Bonchev–Trinajstić information content (AvgIpc) is 1.94. The Bertz CT molecular complexity index is 300. The van der Waals surface area contributed by atoms with Crippen LogP contribution in [0.5, 0.6) is 0 Å². The molecule has 1 aromatic rings. The lowest BCUT2D eigenvalue weighted by molar-refractivity contribution is -0.620. The van der Waals surface area contributed by atoms with Gasteiger partial charge < -0.3 is 10.3 Å². The molecular weight excluding hydrogens is 214 g/mol. The lowest BCUT2D eigenvalue weighted by Gasteiger charge is -2.00. The molecule has 5 heteroatoms. The number of carboxylic acids is 1. The number of hydrogen-bond donors (Lipinski definition) is 1. The molecule has 0 aromatic carbocycles. The first-order chi connectivity index (χ1) is 5.13. The van der Waals surface area contributed by atoms with Crippen molar-refractivity contribution in [1.29, 1.82) is 0 Å². The van der Waals surface area contributed by atoms with Crippen molar-refractivity contribution in [2.24, 2.45) is 0 Å². The minimum Gasteiger partial charge on any atom is -0.617 e. The molecule has 0 bridgehead atoms. The highest BCUT2D eigenvalue weighted by atomic mass is 79.9. The van der Waals surface area contributed by atoms with Crippen LogP contribution >= 0.6 is 15.9 Å². The topological polar surface area (TPSA) is 64.2 Å². The van der Waals surface area contributed by atoms with E-state index in [4.69, 9.17) is 5.11 Å². The van der Waals surface area contributed by atoms with Gasteiger partial charge in [0.15, 0.2) is 0 Å². The number of rotatable bonds is 1. The number of aromatic carboxylic acids is 1. The van der Waals surface area contributed by atoms with E-state index in [1.165, 1.54) is 18.2 Å². The molecule has 1 N–H and O–H groups in total. The summed E-state index contributed by atoms with van der Waals surface area (Å²) in [7, 11) is 0. The highest BCUT2D eigenvalue weighted by molar-refractivity contribution is 9.10. The summed E-state index contributed by atoms with van der Waals surface area (Å²) in [6.07, 6.45) is 0. The second kappa shape index (κ2) is 2.87. The van der Waals surface area contributed by atoms with Crippen molar-refractivity contribution < 1.29 is 14.6 Å². The van der Waals surface area contributed by atoms with Crippen molar-refractivity contribution >= 4 is 21.9 Å². The van der Waals surface area contributed by atoms with Gasteiger partial charge in [0.2, 0.25) is 0 Å². The van der Waals surface area contributed by atoms with Crippen LogP contribution in [0.4, 0.5) is 0 Å². The predicted molar refractivity (Wildman–Crippen MR) is 40.1 cm³/mol. The van der Waals surface area contributed by atoms with E-state index in [1.54, 1.807) is 0 Å². The Kier molecular flexibility index (Phi) is 2.09. The molecule has 0 aliphatic heterocycles. The molecule has 1 heterocycles. The molecule has 0 atom stereocenters. The molecule has 0 spiro atoms. The number of carbonyl (C=O) groups is 1. The van der Waals surface area contributed by atoms with E-state index in [9.17, 15) is 10.0 Å². The third-order valence-corrected chi connectivity index (χ3v) is 1.71. The Hall–Kier alpha value is -1.10. The zero-order valence-electron chi connectivity index (χ0n) is 5.32. The first-order valence-electron chi connectivity index (χ1n) is 2.74. The number of carboxylic acid groups (broad SMARTS) is 1. The van der Waals surface area contributed by atoms with Crippen LogP contribution in [0.15, 0.2) is 22.8 Å². The molecule has 0 amide bonds. The summed E-state index contributed by atoms with van der Waals surface area (Å²) in [5.41, 5.74) is -0.292. The maximum absolute atomic E-state index is 10.9. The quantitative estimate of drug-likeness (QED) is 0.430. The van der Waals surface area contributed by atoms with Crippen molar-refractivity contribution in [2.75, 3.05) is 0 Å². The van der Waals surface area contributed by atoms with Crippen LogP contribution in [0, 0.1) is 5.21 Å².